The summed E-state index contributed by atoms with van der Waals surface area (Å²) in [5.74, 6) is -0.278. The largest absolute Gasteiger partial charge is 0.386 e. The maximum Gasteiger partial charge on any atom is 0.123 e. The number of likely N-dealkylation sites (tertiary alicyclic amines) is 1. The summed E-state index contributed by atoms with van der Waals surface area (Å²) >= 11 is 0. The van der Waals surface area contributed by atoms with Gasteiger partial charge in [-0.25, -0.2) is 4.39 Å². The van der Waals surface area contributed by atoms with E-state index in [2.05, 4.69) is 18.7 Å². The van der Waals surface area contributed by atoms with Crippen LogP contribution < -0.4 is 0 Å². The molecular formula is C16H24FNO. The summed E-state index contributed by atoms with van der Waals surface area (Å²) < 4.78 is 13.5. The smallest absolute Gasteiger partial charge is 0.123 e. The Bertz CT molecular complexity index is 442. The molecule has 3 heteroatoms. The van der Waals surface area contributed by atoms with Crippen molar-refractivity contribution in [1.29, 1.82) is 0 Å². The molecule has 1 aliphatic rings. The number of benzene rings is 1. The molecule has 2 nitrogen and oxygen atoms in total. The highest BCUT2D eigenvalue weighted by molar-refractivity contribution is 5.31. The fourth-order valence-electron chi connectivity index (χ4n) is 3.06. The third-order valence-corrected chi connectivity index (χ3v) is 4.67. The van der Waals surface area contributed by atoms with Crippen LogP contribution in [0.4, 0.5) is 4.39 Å². The fraction of sp³-hybridized carbons (Fsp3) is 0.625. The zero-order chi connectivity index (χ0) is 14.0. The molecular weight excluding hydrogens is 241 g/mol. The zero-order valence-electron chi connectivity index (χ0n) is 12.1. The van der Waals surface area contributed by atoms with E-state index in [4.69, 9.17) is 0 Å². The van der Waals surface area contributed by atoms with Crippen molar-refractivity contribution in [2.45, 2.75) is 51.7 Å². The van der Waals surface area contributed by atoms with Gasteiger partial charge < -0.3 is 5.11 Å². The SMILES string of the molecule is CCC(C)(C(O)c1cc(F)ccc1C)N1CCCC1. The van der Waals surface area contributed by atoms with Crippen molar-refractivity contribution in [3.63, 3.8) is 0 Å². The lowest BCUT2D eigenvalue weighted by molar-refractivity contribution is -0.0144. The van der Waals surface area contributed by atoms with Gasteiger partial charge in [0.2, 0.25) is 0 Å². The first-order chi connectivity index (χ1) is 8.99. The molecule has 0 aliphatic carbocycles. The van der Waals surface area contributed by atoms with Crippen LogP contribution in [0.1, 0.15) is 50.3 Å². The fourth-order valence-corrected chi connectivity index (χ4v) is 3.06. The Hall–Kier alpha value is -0.930. The van der Waals surface area contributed by atoms with Crippen LogP contribution in [0.3, 0.4) is 0 Å². The van der Waals surface area contributed by atoms with Crippen LogP contribution in [0.5, 0.6) is 0 Å². The van der Waals surface area contributed by atoms with Crippen LogP contribution in [0.2, 0.25) is 0 Å². The maximum absolute atomic E-state index is 13.5. The lowest BCUT2D eigenvalue weighted by Crippen LogP contribution is -2.49. The molecule has 0 radical (unpaired) electrons. The van der Waals surface area contributed by atoms with Crippen LogP contribution in [-0.2, 0) is 0 Å². The van der Waals surface area contributed by atoms with E-state index < -0.39 is 6.10 Å². The van der Waals surface area contributed by atoms with Gasteiger partial charge in [0.1, 0.15) is 5.82 Å². The van der Waals surface area contributed by atoms with E-state index in [0.29, 0.717) is 0 Å². The van der Waals surface area contributed by atoms with E-state index in [1.807, 2.05) is 6.92 Å². The van der Waals surface area contributed by atoms with Crippen LogP contribution >= 0.6 is 0 Å². The van der Waals surface area contributed by atoms with E-state index in [1.165, 1.54) is 25.0 Å². The molecule has 0 bridgehead atoms. The van der Waals surface area contributed by atoms with Crippen molar-refractivity contribution < 1.29 is 9.50 Å². The molecule has 1 heterocycles. The summed E-state index contributed by atoms with van der Waals surface area (Å²) in [4.78, 5) is 2.35. The van der Waals surface area contributed by atoms with Gasteiger partial charge in [-0.15, -0.1) is 0 Å². The number of rotatable bonds is 4. The molecule has 1 aromatic carbocycles. The van der Waals surface area contributed by atoms with E-state index in [-0.39, 0.29) is 11.4 Å². The summed E-state index contributed by atoms with van der Waals surface area (Å²) in [6, 6.07) is 4.67. The number of hydrogen-bond acceptors (Lipinski definition) is 2. The minimum atomic E-state index is -0.647. The standard InChI is InChI=1S/C16H24FNO/c1-4-16(3,18-9-5-6-10-18)15(19)14-11-13(17)8-7-12(14)2/h7-8,11,15,19H,4-6,9-10H2,1-3H3. The topological polar surface area (TPSA) is 23.5 Å². The Morgan fingerprint density at radius 1 is 1.37 bits per heavy atom. The summed E-state index contributed by atoms with van der Waals surface area (Å²) in [7, 11) is 0. The monoisotopic (exact) mass is 265 g/mol. The average molecular weight is 265 g/mol. The van der Waals surface area contributed by atoms with Crippen molar-refractivity contribution in [1.82, 2.24) is 4.90 Å². The second kappa shape index (κ2) is 5.59. The third-order valence-electron chi connectivity index (χ3n) is 4.67. The lowest BCUT2D eigenvalue weighted by Gasteiger charge is -2.42. The highest BCUT2D eigenvalue weighted by Crippen LogP contribution is 2.37. The number of aryl methyl sites for hydroxylation is 1. The first-order valence-corrected chi connectivity index (χ1v) is 7.18. The van der Waals surface area contributed by atoms with Crippen LogP contribution in [-0.4, -0.2) is 28.6 Å². The molecule has 1 aromatic rings. The molecule has 1 fully saturated rings. The number of hydrogen-bond donors (Lipinski definition) is 1. The van der Waals surface area contributed by atoms with Crippen molar-refractivity contribution >= 4 is 0 Å². The summed E-state index contributed by atoms with van der Waals surface area (Å²) in [6.45, 7) is 8.16. The summed E-state index contributed by atoms with van der Waals surface area (Å²) in [6.07, 6.45) is 2.57. The second-order valence-corrected chi connectivity index (χ2v) is 5.81. The molecule has 2 unspecified atom stereocenters. The lowest BCUT2D eigenvalue weighted by atomic mass is 9.84. The van der Waals surface area contributed by atoms with Gasteiger partial charge >= 0.3 is 0 Å². The Morgan fingerprint density at radius 3 is 2.58 bits per heavy atom. The molecule has 1 aliphatic heterocycles. The predicted octanol–water partition coefficient (Wildman–Crippen LogP) is 3.43. The first-order valence-electron chi connectivity index (χ1n) is 7.18. The van der Waals surface area contributed by atoms with Gasteiger partial charge in [0.25, 0.3) is 0 Å². The summed E-state index contributed by atoms with van der Waals surface area (Å²) in [5.41, 5.74) is 1.36. The van der Waals surface area contributed by atoms with Crippen molar-refractivity contribution in [3.05, 3.63) is 35.1 Å². The molecule has 1 saturated heterocycles. The first kappa shape index (κ1) is 14.5. The Balaban J connectivity index is 2.34. The highest BCUT2D eigenvalue weighted by Gasteiger charge is 2.39. The predicted molar refractivity (Wildman–Crippen MR) is 75.6 cm³/mol. The quantitative estimate of drug-likeness (QED) is 0.901. The molecule has 0 aromatic heterocycles. The van der Waals surface area contributed by atoms with E-state index in [1.54, 1.807) is 6.07 Å². The molecule has 106 valence electrons. The van der Waals surface area contributed by atoms with Crippen molar-refractivity contribution in [2.24, 2.45) is 0 Å². The average Bonchev–Trinajstić information content (AvgIpc) is 2.94. The van der Waals surface area contributed by atoms with E-state index in [9.17, 15) is 9.50 Å². The second-order valence-electron chi connectivity index (χ2n) is 5.81. The van der Waals surface area contributed by atoms with Crippen LogP contribution in [0, 0.1) is 12.7 Å². The van der Waals surface area contributed by atoms with Gasteiger partial charge in [-0.05, 0) is 69.5 Å². The highest BCUT2D eigenvalue weighted by atomic mass is 19.1. The normalized spacial score (nSPS) is 21.3. The molecule has 1 N–H and O–H groups in total. The minimum Gasteiger partial charge on any atom is -0.386 e. The molecule has 0 amide bonds. The van der Waals surface area contributed by atoms with E-state index >= 15 is 0 Å². The van der Waals surface area contributed by atoms with Crippen molar-refractivity contribution in [2.75, 3.05) is 13.1 Å². The van der Waals surface area contributed by atoms with Crippen LogP contribution in [0.15, 0.2) is 18.2 Å². The van der Waals surface area contributed by atoms with Gasteiger partial charge in [0, 0.05) is 5.54 Å². The number of aliphatic hydroxyl groups excluding tert-OH is 1. The third kappa shape index (κ3) is 2.67. The molecule has 19 heavy (non-hydrogen) atoms. The number of nitrogens with zero attached hydrogens (tertiary/aromatic N) is 1. The molecule has 0 spiro atoms. The van der Waals surface area contributed by atoms with Crippen molar-refractivity contribution in [3.8, 4) is 0 Å². The van der Waals surface area contributed by atoms with Gasteiger partial charge in [-0.3, -0.25) is 4.90 Å². The summed E-state index contributed by atoms with van der Waals surface area (Å²) in [5, 5.41) is 10.8. The number of halogens is 1. The number of aliphatic hydroxyl groups is 1. The maximum atomic E-state index is 13.5. The van der Waals surface area contributed by atoms with Crippen LogP contribution in [0.25, 0.3) is 0 Å². The molecule has 2 rings (SSSR count). The Labute approximate surface area is 115 Å². The van der Waals surface area contributed by atoms with E-state index in [0.717, 1.165) is 30.6 Å². The van der Waals surface area contributed by atoms with Gasteiger partial charge in [-0.1, -0.05) is 13.0 Å². The Morgan fingerprint density at radius 2 is 2.00 bits per heavy atom. The zero-order valence-corrected chi connectivity index (χ0v) is 12.1. The molecule has 0 saturated carbocycles. The minimum absolute atomic E-state index is 0.278. The molecule has 2 atom stereocenters. The van der Waals surface area contributed by atoms with Gasteiger partial charge in [0.05, 0.1) is 6.10 Å². The Kier molecular flexibility index (Phi) is 4.26. The van der Waals surface area contributed by atoms with Gasteiger partial charge in [-0.2, -0.15) is 0 Å². The van der Waals surface area contributed by atoms with Gasteiger partial charge in [0.15, 0.2) is 0 Å².